The van der Waals surface area contributed by atoms with Crippen molar-refractivity contribution in [3.8, 4) is 5.75 Å². The van der Waals surface area contributed by atoms with Gasteiger partial charge in [0, 0.05) is 13.5 Å². The summed E-state index contributed by atoms with van der Waals surface area (Å²) in [7, 11) is 1.86. The van der Waals surface area contributed by atoms with Gasteiger partial charge in [0.25, 0.3) is 0 Å². The Morgan fingerprint density at radius 2 is 2.13 bits per heavy atom. The highest BCUT2D eigenvalue weighted by Gasteiger charge is 2.23. The Hall–Kier alpha value is -1.26. The predicted octanol–water partition coefficient (Wildman–Crippen LogP) is 2.97. The zero-order valence-electron chi connectivity index (χ0n) is 14.2. The molecule has 0 spiro atoms. The zero-order chi connectivity index (χ0) is 15.8. The van der Waals surface area contributed by atoms with Gasteiger partial charge < -0.3 is 15.0 Å². The van der Waals surface area contributed by atoms with Gasteiger partial charge >= 0.3 is 0 Å². The van der Waals surface area contributed by atoms with Crippen LogP contribution in [0.4, 0.5) is 0 Å². The number of nitrogens with one attached hydrogen (secondary N) is 1. The average molecular weight is 341 g/mol. The van der Waals surface area contributed by atoms with Gasteiger partial charge in [0.05, 0.1) is 6.54 Å². The van der Waals surface area contributed by atoms with Crippen LogP contribution in [0.25, 0.3) is 0 Å². The van der Waals surface area contributed by atoms with Gasteiger partial charge in [-0.15, -0.1) is 12.4 Å². The van der Waals surface area contributed by atoms with Crippen molar-refractivity contribution in [1.82, 2.24) is 10.2 Å². The maximum atomic E-state index is 12.3. The SMILES string of the molecule is CC(CC(=O)N(C)CCOc1ccccc1)C1CCCNC1.Cl. The topological polar surface area (TPSA) is 41.6 Å². The number of amides is 1. The van der Waals surface area contributed by atoms with E-state index in [0.29, 0.717) is 31.4 Å². The molecule has 1 fully saturated rings. The maximum absolute atomic E-state index is 12.3. The highest BCUT2D eigenvalue weighted by molar-refractivity contribution is 5.85. The summed E-state index contributed by atoms with van der Waals surface area (Å²) >= 11 is 0. The molecule has 0 radical (unpaired) electrons. The summed E-state index contributed by atoms with van der Waals surface area (Å²) in [4.78, 5) is 14.1. The number of benzene rings is 1. The maximum Gasteiger partial charge on any atom is 0.222 e. The average Bonchev–Trinajstić information content (AvgIpc) is 2.56. The molecule has 1 aliphatic rings. The molecule has 5 heteroatoms. The number of nitrogens with zero attached hydrogens (tertiary/aromatic N) is 1. The lowest BCUT2D eigenvalue weighted by Gasteiger charge is -2.29. The van der Waals surface area contributed by atoms with Gasteiger partial charge in [-0.25, -0.2) is 0 Å². The molecule has 1 aliphatic heterocycles. The normalized spacial score (nSPS) is 18.6. The van der Waals surface area contributed by atoms with E-state index < -0.39 is 0 Å². The zero-order valence-corrected chi connectivity index (χ0v) is 15.0. The number of carbonyl (C=O) groups excluding carboxylic acids is 1. The van der Waals surface area contributed by atoms with E-state index >= 15 is 0 Å². The van der Waals surface area contributed by atoms with Crippen molar-refractivity contribution >= 4 is 18.3 Å². The fourth-order valence-electron chi connectivity index (χ4n) is 2.90. The Balaban J connectivity index is 0.00000264. The Kier molecular flexibility index (Phi) is 9.03. The van der Waals surface area contributed by atoms with Crippen molar-refractivity contribution < 1.29 is 9.53 Å². The van der Waals surface area contributed by atoms with Crippen LogP contribution in [-0.2, 0) is 4.79 Å². The smallest absolute Gasteiger partial charge is 0.222 e. The van der Waals surface area contributed by atoms with E-state index in [1.54, 1.807) is 4.90 Å². The quantitative estimate of drug-likeness (QED) is 0.829. The molecule has 4 nitrogen and oxygen atoms in total. The van der Waals surface area contributed by atoms with E-state index in [1.807, 2.05) is 37.4 Å². The van der Waals surface area contributed by atoms with E-state index in [9.17, 15) is 4.79 Å². The molecule has 0 aliphatic carbocycles. The molecule has 0 aromatic heterocycles. The third-order valence-electron chi connectivity index (χ3n) is 4.50. The van der Waals surface area contributed by atoms with Crippen LogP contribution in [0, 0.1) is 11.8 Å². The number of carbonyl (C=O) groups is 1. The third kappa shape index (κ3) is 6.80. The molecule has 1 aromatic rings. The first-order valence-electron chi connectivity index (χ1n) is 8.29. The lowest BCUT2D eigenvalue weighted by Crippen LogP contribution is -2.37. The van der Waals surface area contributed by atoms with E-state index in [0.717, 1.165) is 18.8 Å². The Morgan fingerprint density at radius 1 is 1.39 bits per heavy atom. The van der Waals surface area contributed by atoms with Crippen LogP contribution in [-0.4, -0.2) is 44.1 Å². The number of rotatable bonds is 7. The Labute approximate surface area is 146 Å². The molecule has 2 atom stereocenters. The van der Waals surface area contributed by atoms with Crippen LogP contribution in [0.1, 0.15) is 26.2 Å². The second-order valence-corrected chi connectivity index (χ2v) is 6.26. The molecule has 1 heterocycles. The van der Waals surface area contributed by atoms with Crippen molar-refractivity contribution in [3.05, 3.63) is 30.3 Å². The molecule has 1 amide bonds. The molecule has 1 aromatic carbocycles. The first-order chi connectivity index (χ1) is 10.7. The molecular formula is C18H29ClN2O2. The lowest BCUT2D eigenvalue weighted by atomic mass is 9.85. The van der Waals surface area contributed by atoms with Crippen molar-refractivity contribution in [2.24, 2.45) is 11.8 Å². The largest absolute Gasteiger partial charge is 0.492 e. The van der Waals surface area contributed by atoms with E-state index in [4.69, 9.17) is 4.74 Å². The number of para-hydroxylation sites is 1. The summed E-state index contributed by atoms with van der Waals surface area (Å²) < 4.78 is 5.64. The third-order valence-corrected chi connectivity index (χ3v) is 4.50. The van der Waals surface area contributed by atoms with Crippen molar-refractivity contribution in [2.75, 3.05) is 33.3 Å². The Bertz CT molecular complexity index is 450. The first kappa shape index (κ1) is 19.8. The minimum atomic E-state index is 0. The molecule has 2 rings (SSSR count). The summed E-state index contributed by atoms with van der Waals surface area (Å²) in [6, 6.07) is 9.72. The molecule has 23 heavy (non-hydrogen) atoms. The second kappa shape index (κ2) is 10.5. The van der Waals surface area contributed by atoms with Crippen molar-refractivity contribution in [3.63, 3.8) is 0 Å². The molecule has 0 saturated carbocycles. The molecule has 0 bridgehead atoms. The van der Waals surface area contributed by atoms with E-state index in [2.05, 4.69) is 12.2 Å². The van der Waals surface area contributed by atoms with Crippen molar-refractivity contribution in [2.45, 2.75) is 26.2 Å². The van der Waals surface area contributed by atoms with Crippen molar-refractivity contribution in [1.29, 1.82) is 0 Å². The van der Waals surface area contributed by atoms with Gasteiger partial charge in [0.2, 0.25) is 5.91 Å². The molecule has 2 unspecified atom stereocenters. The van der Waals surface area contributed by atoms with Gasteiger partial charge in [-0.2, -0.15) is 0 Å². The molecular weight excluding hydrogens is 312 g/mol. The van der Waals surface area contributed by atoms with Crippen LogP contribution >= 0.6 is 12.4 Å². The summed E-state index contributed by atoms with van der Waals surface area (Å²) in [6.45, 7) is 5.53. The summed E-state index contributed by atoms with van der Waals surface area (Å²) in [6.07, 6.45) is 3.10. The molecule has 130 valence electrons. The van der Waals surface area contributed by atoms with E-state index in [1.165, 1.54) is 12.8 Å². The highest BCUT2D eigenvalue weighted by atomic mass is 35.5. The number of piperidine rings is 1. The molecule has 1 N–H and O–H groups in total. The summed E-state index contributed by atoms with van der Waals surface area (Å²) in [5, 5.41) is 3.43. The number of ether oxygens (including phenoxy) is 1. The minimum Gasteiger partial charge on any atom is -0.492 e. The van der Waals surface area contributed by atoms with Gasteiger partial charge in [-0.3, -0.25) is 4.79 Å². The van der Waals surface area contributed by atoms with Crippen LogP contribution in [0.5, 0.6) is 5.75 Å². The summed E-state index contributed by atoms with van der Waals surface area (Å²) in [5.74, 6) is 2.14. The monoisotopic (exact) mass is 340 g/mol. The van der Waals surface area contributed by atoms with E-state index in [-0.39, 0.29) is 18.3 Å². The number of hydrogen-bond acceptors (Lipinski definition) is 3. The number of hydrogen-bond donors (Lipinski definition) is 1. The van der Waals surface area contributed by atoms with Crippen LogP contribution in [0.3, 0.4) is 0 Å². The standard InChI is InChI=1S/C18H28N2O2.ClH/c1-15(16-7-6-10-19-14-16)13-18(21)20(2)11-12-22-17-8-4-3-5-9-17;/h3-5,8-9,15-16,19H,6-7,10-14H2,1-2H3;1H. The van der Waals surface area contributed by atoms with Gasteiger partial charge in [-0.05, 0) is 49.9 Å². The number of halogens is 1. The van der Waals surface area contributed by atoms with Gasteiger partial charge in [0.1, 0.15) is 12.4 Å². The summed E-state index contributed by atoms with van der Waals surface area (Å²) in [5.41, 5.74) is 0. The highest BCUT2D eigenvalue weighted by Crippen LogP contribution is 2.23. The van der Waals surface area contributed by atoms with Gasteiger partial charge in [0.15, 0.2) is 0 Å². The second-order valence-electron chi connectivity index (χ2n) is 6.26. The number of likely N-dealkylation sites (N-methyl/N-ethyl adjacent to an activating group) is 1. The van der Waals surface area contributed by atoms with Gasteiger partial charge in [-0.1, -0.05) is 25.1 Å². The Morgan fingerprint density at radius 3 is 2.78 bits per heavy atom. The predicted molar refractivity (Wildman–Crippen MR) is 96.2 cm³/mol. The fourth-order valence-corrected chi connectivity index (χ4v) is 2.90. The molecule has 1 saturated heterocycles. The minimum absolute atomic E-state index is 0. The van der Waals surface area contributed by atoms with Crippen LogP contribution in [0.15, 0.2) is 30.3 Å². The lowest BCUT2D eigenvalue weighted by molar-refractivity contribution is -0.131. The fraction of sp³-hybridized carbons (Fsp3) is 0.611. The van der Waals surface area contributed by atoms with Crippen LogP contribution < -0.4 is 10.1 Å². The van der Waals surface area contributed by atoms with Crippen LogP contribution in [0.2, 0.25) is 0 Å². The first-order valence-corrected chi connectivity index (χ1v) is 8.29.